The normalized spacial score (nSPS) is 11.9. The molecule has 0 radical (unpaired) electrons. The van der Waals surface area contributed by atoms with Crippen molar-refractivity contribution in [3.8, 4) is 0 Å². The van der Waals surface area contributed by atoms with Gasteiger partial charge in [-0.3, -0.25) is 9.59 Å². The highest BCUT2D eigenvalue weighted by atomic mass is 19.4. The molecule has 130 valence electrons. The van der Waals surface area contributed by atoms with Crippen LogP contribution in [-0.4, -0.2) is 33.1 Å². The van der Waals surface area contributed by atoms with Crippen LogP contribution in [0.3, 0.4) is 0 Å². The van der Waals surface area contributed by atoms with Gasteiger partial charge in [-0.2, -0.15) is 13.2 Å². The average Bonchev–Trinajstić information content (AvgIpc) is 2.85. The number of nitrogens with one attached hydrogen (secondary N) is 1. The van der Waals surface area contributed by atoms with E-state index in [4.69, 9.17) is 5.11 Å². The standard InChI is InChI=1S/C15H16F3N3O3/c1-8(2)21-11-4-3-9(13(24)19-6-5-12(22)23)7-10(11)20-14(21)15(16,17)18/h3-4,7-8H,5-6H2,1-2H3,(H,19,24)(H,22,23). The molecule has 0 saturated carbocycles. The topological polar surface area (TPSA) is 84.2 Å². The number of rotatable bonds is 5. The number of imidazole rings is 1. The van der Waals surface area contributed by atoms with Gasteiger partial charge in [-0.1, -0.05) is 0 Å². The molecule has 6 nitrogen and oxygen atoms in total. The molecule has 0 saturated heterocycles. The number of benzene rings is 1. The predicted molar refractivity (Wildman–Crippen MR) is 79.7 cm³/mol. The number of amides is 1. The molecule has 0 fully saturated rings. The average molecular weight is 343 g/mol. The van der Waals surface area contributed by atoms with Crippen LogP contribution in [0.15, 0.2) is 18.2 Å². The zero-order valence-electron chi connectivity index (χ0n) is 13.0. The van der Waals surface area contributed by atoms with E-state index >= 15 is 0 Å². The number of carbonyl (C=O) groups excluding carboxylic acids is 1. The Labute approximate surface area is 135 Å². The second kappa shape index (κ2) is 6.50. The number of nitrogens with zero attached hydrogens (tertiary/aromatic N) is 2. The summed E-state index contributed by atoms with van der Waals surface area (Å²) < 4.78 is 40.5. The zero-order valence-corrected chi connectivity index (χ0v) is 13.0. The largest absolute Gasteiger partial charge is 0.481 e. The van der Waals surface area contributed by atoms with E-state index in [2.05, 4.69) is 10.3 Å². The zero-order chi connectivity index (χ0) is 18.1. The Morgan fingerprint density at radius 1 is 1.33 bits per heavy atom. The van der Waals surface area contributed by atoms with Crippen LogP contribution in [0.5, 0.6) is 0 Å². The van der Waals surface area contributed by atoms with Gasteiger partial charge < -0.3 is 15.0 Å². The Morgan fingerprint density at radius 2 is 2.00 bits per heavy atom. The van der Waals surface area contributed by atoms with E-state index < -0.39 is 29.9 Å². The fraction of sp³-hybridized carbons (Fsp3) is 0.400. The van der Waals surface area contributed by atoms with Crippen molar-refractivity contribution in [2.45, 2.75) is 32.5 Å². The van der Waals surface area contributed by atoms with Crippen molar-refractivity contribution in [2.75, 3.05) is 6.54 Å². The van der Waals surface area contributed by atoms with Gasteiger partial charge in [0, 0.05) is 18.2 Å². The van der Waals surface area contributed by atoms with E-state index in [0.717, 1.165) is 4.57 Å². The Hall–Kier alpha value is -2.58. The second-order valence-electron chi connectivity index (χ2n) is 5.50. The minimum absolute atomic E-state index is 0.0573. The lowest BCUT2D eigenvalue weighted by atomic mass is 10.2. The molecule has 1 heterocycles. The van der Waals surface area contributed by atoms with Gasteiger partial charge in [0.2, 0.25) is 5.82 Å². The van der Waals surface area contributed by atoms with Crippen molar-refractivity contribution >= 4 is 22.9 Å². The summed E-state index contributed by atoms with van der Waals surface area (Å²) in [6.45, 7) is 3.16. The molecule has 0 atom stereocenters. The predicted octanol–water partition coefficient (Wildman–Crippen LogP) is 2.84. The number of alkyl halides is 3. The number of carboxylic acids is 1. The van der Waals surface area contributed by atoms with Crippen LogP contribution in [0, 0.1) is 0 Å². The first-order valence-corrected chi connectivity index (χ1v) is 7.20. The maximum absolute atomic E-state index is 13.1. The summed E-state index contributed by atoms with van der Waals surface area (Å²) in [7, 11) is 0. The highest BCUT2D eigenvalue weighted by Crippen LogP contribution is 2.33. The number of aromatic nitrogens is 2. The smallest absolute Gasteiger partial charge is 0.449 e. The lowest BCUT2D eigenvalue weighted by Gasteiger charge is -2.14. The molecule has 2 N–H and O–H groups in total. The number of aliphatic carboxylic acids is 1. The number of carbonyl (C=O) groups is 2. The number of hydrogen-bond donors (Lipinski definition) is 2. The van der Waals surface area contributed by atoms with Crippen LogP contribution in [0.25, 0.3) is 11.0 Å². The van der Waals surface area contributed by atoms with Gasteiger partial charge in [-0.25, -0.2) is 4.98 Å². The van der Waals surface area contributed by atoms with E-state index in [1.165, 1.54) is 18.2 Å². The first-order valence-electron chi connectivity index (χ1n) is 7.20. The molecule has 1 aromatic carbocycles. The summed E-state index contributed by atoms with van der Waals surface area (Å²) >= 11 is 0. The van der Waals surface area contributed by atoms with E-state index in [1.54, 1.807) is 13.8 Å². The van der Waals surface area contributed by atoms with Crippen molar-refractivity contribution in [3.63, 3.8) is 0 Å². The van der Waals surface area contributed by atoms with Gasteiger partial charge in [0.1, 0.15) is 0 Å². The highest BCUT2D eigenvalue weighted by Gasteiger charge is 2.38. The van der Waals surface area contributed by atoms with Crippen molar-refractivity contribution in [1.29, 1.82) is 0 Å². The fourth-order valence-electron chi connectivity index (χ4n) is 2.35. The number of fused-ring (bicyclic) bond motifs is 1. The molecule has 24 heavy (non-hydrogen) atoms. The minimum Gasteiger partial charge on any atom is -0.481 e. The summed E-state index contributed by atoms with van der Waals surface area (Å²) in [5.41, 5.74) is 0.455. The summed E-state index contributed by atoms with van der Waals surface area (Å²) in [4.78, 5) is 26.0. The van der Waals surface area contributed by atoms with E-state index in [0.29, 0.717) is 0 Å². The molecular formula is C15H16F3N3O3. The minimum atomic E-state index is -4.60. The third-order valence-electron chi connectivity index (χ3n) is 3.35. The molecule has 0 spiro atoms. The van der Waals surface area contributed by atoms with E-state index in [-0.39, 0.29) is 29.6 Å². The van der Waals surface area contributed by atoms with Gasteiger partial charge in [0.25, 0.3) is 5.91 Å². The quantitative estimate of drug-likeness (QED) is 0.874. The molecule has 0 bridgehead atoms. The Balaban J connectivity index is 2.38. The number of halogens is 3. The molecule has 0 aliphatic carbocycles. The summed E-state index contributed by atoms with van der Waals surface area (Å²) in [5.74, 6) is -2.64. The molecule has 1 aromatic heterocycles. The number of carboxylic acid groups (broad SMARTS) is 1. The molecule has 1 amide bonds. The van der Waals surface area contributed by atoms with Crippen molar-refractivity contribution in [3.05, 3.63) is 29.6 Å². The fourth-order valence-corrected chi connectivity index (χ4v) is 2.35. The van der Waals surface area contributed by atoms with E-state index in [1.807, 2.05) is 0 Å². The lowest BCUT2D eigenvalue weighted by molar-refractivity contribution is -0.147. The Bertz CT molecular complexity index is 781. The van der Waals surface area contributed by atoms with Crippen molar-refractivity contribution in [2.24, 2.45) is 0 Å². The third kappa shape index (κ3) is 3.66. The van der Waals surface area contributed by atoms with Gasteiger partial charge in [0.15, 0.2) is 0 Å². The first kappa shape index (κ1) is 17.8. The number of hydrogen-bond acceptors (Lipinski definition) is 3. The Kier molecular flexibility index (Phi) is 4.81. The van der Waals surface area contributed by atoms with Crippen LogP contribution in [-0.2, 0) is 11.0 Å². The van der Waals surface area contributed by atoms with Gasteiger partial charge >= 0.3 is 12.1 Å². The third-order valence-corrected chi connectivity index (χ3v) is 3.35. The van der Waals surface area contributed by atoms with Crippen molar-refractivity contribution in [1.82, 2.24) is 14.9 Å². The second-order valence-corrected chi connectivity index (χ2v) is 5.50. The highest BCUT2D eigenvalue weighted by molar-refractivity contribution is 5.97. The van der Waals surface area contributed by atoms with Crippen LogP contribution >= 0.6 is 0 Å². The van der Waals surface area contributed by atoms with Crippen LogP contribution in [0.1, 0.15) is 42.5 Å². The molecule has 0 aliphatic rings. The summed E-state index contributed by atoms with van der Waals surface area (Å²) in [5, 5.41) is 10.9. The van der Waals surface area contributed by atoms with Gasteiger partial charge in [-0.15, -0.1) is 0 Å². The molecule has 2 aromatic rings. The lowest BCUT2D eigenvalue weighted by Crippen LogP contribution is -2.25. The van der Waals surface area contributed by atoms with E-state index in [9.17, 15) is 22.8 Å². The maximum atomic E-state index is 13.1. The molecule has 2 rings (SSSR count). The summed E-state index contributed by atoms with van der Waals surface area (Å²) in [6, 6.07) is 3.60. The molecule has 0 unspecified atom stereocenters. The van der Waals surface area contributed by atoms with Crippen LogP contribution in [0.2, 0.25) is 0 Å². The monoisotopic (exact) mass is 343 g/mol. The molecular weight excluding hydrogens is 327 g/mol. The van der Waals surface area contributed by atoms with Crippen molar-refractivity contribution < 1.29 is 27.9 Å². The van der Waals surface area contributed by atoms with Gasteiger partial charge in [-0.05, 0) is 32.0 Å². The molecule has 0 aliphatic heterocycles. The van der Waals surface area contributed by atoms with Crippen LogP contribution in [0.4, 0.5) is 13.2 Å². The Morgan fingerprint density at radius 3 is 2.54 bits per heavy atom. The first-order chi connectivity index (χ1) is 11.1. The SMILES string of the molecule is CC(C)n1c(C(F)(F)F)nc2cc(C(=O)NCCC(=O)O)ccc21. The molecule has 9 heteroatoms. The van der Waals surface area contributed by atoms with Crippen LogP contribution < -0.4 is 5.32 Å². The van der Waals surface area contributed by atoms with Gasteiger partial charge in [0.05, 0.1) is 17.5 Å². The maximum Gasteiger partial charge on any atom is 0.449 e. The summed E-state index contributed by atoms with van der Waals surface area (Å²) in [6.07, 6.45) is -4.85.